The highest BCUT2D eigenvalue weighted by Gasteiger charge is 2.31. The summed E-state index contributed by atoms with van der Waals surface area (Å²) in [5.74, 6) is 0.698. The molecule has 1 aliphatic rings. The first-order valence-corrected chi connectivity index (χ1v) is 6.28. The van der Waals surface area contributed by atoms with E-state index in [0.717, 1.165) is 12.8 Å². The predicted octanol–water partition coefficient (Wildman–Crippen LogP) is 0.699. The first-order valence-electron chi connectivity index (χ1n) is 6.28. The third kappa shape index (κ3) is 2.38. The first kappa shape index (κ1) is 13.0. The number of aliphatic hydroxyl groups is 1. The molecule has 2 rings (SSSR count). The van der Waals surface area contributed by atoms with Crippen molar-refractivity contribution in [1.82, 2.24) is 20.1 Å². The average Bonchev–Trinajstić information content (AvgIpc) is 2.96. The number of hydrogen-bond donors (Lipinski definition) is 2. The molecule has 1 aromatic rings. The second-order valence-corrected chi connectivity index (χ2v) is 5.73. The molecule has 0 aromatic carbocycles. The smallest absolute Gasteiger partial charge is 0.293 e. The summed E-state index contributed by atoms with van der Waals surface area (Å²) in [6.45, 7) is 6.70. The summed E-state index contributed by atoms with van der Waals surface area (Å²) in [4.78, 5) is 18.1. The van der Waals surface area contributed by atoms with Crippen molar-refractivity contribution in [2.75, 3.05) is 13.2 Å². The van der Waals surface area contributed by atoms with Crippen LogP contribution in [0.1, 0.15) is 50.1 Å². The maximum atomic E-state index is 12.2. The molecule has 2 N–H and O–H groups in total. The first-order chi connectivity index (χ1) is 8.43. The van der Waals surface area contributed by atoms with E-state index in [0.29, 0.717) is 12.4 Å². The van der Waals surface area contributed by atoms with Gasteiger partial charge in [0.1, 0.15) is 5.82 Å². The fraction of sp³-hybridized carbons (Fsp3) is 0.750. The Morgan fingerprint density at radius 3 is 2.83 bits per heavy atom. The molecule has 0 unspecified atom stereocenters. The van der Waals surface area contributed by atoms with Crippen molar-refractivity contribution < 1.29 is 9.90 Å². The maximum Gasteiger partial charge on any atom is 0.293 e. The van der Waals surface area contributed by atoms with E-state index in [-0.39, 0.29) is 29.8 Å². The number of nitrogens with zero attached hydrogens (tertiary/aromatic N) is 3. The second-order valence-electron chi connectivity index (χ2n) is 5.73. The molecule has 18 heavy (non-hydrogen) atoms. The summed E-state index contributed by atoms with van der Waals surface area (Å²) in [5, 5.41) is 16.0. The number of carbonyl (C=O) groups is 1. The molecule has 0 radical (unpaired) electrons. The van der Waals surface area contributed by atoms with Gasteiger partial charge in [0.25, 0.3) is 5.91 Å². The van der Waals surface area contributed by atoms with E-state index in [1.807, 2.05) is 20.8 Å². The van der Waals surface area contributed by atoms with Crippen molar-refractivity contribution in [2.45, 2.75) is 45.1 Å². The van der Waals surface area contributed by atoms with Crippen LogP contribution in [0.4, 0.5) is 0 Å². The van der Waals surface area contributed by atoms with Gasteiger partial charge in [-0.1, -0.05) is 20.8 Å². The summed E-state index contributed by atoms with van der Waals surface area (Å²) >= 11 is 0. The lowest BCUT2D eigenvalue weighted by molar-refractivity contribution is 0.0665. The molecule has 1 atom stereocenters. The summed E-state index contributed by atoms with van der Waals surface area (Å²) in [6.07, 6.45) is 1.77. The van der Waals surface area contributed by atoms with Crippen molar-refractivity contribution in [2.24, 2.45) is 0 Å². The number of hydrogen-bond acceptors (Lipinski definition) is 4. The average molecular weight is 252 g/mol. The molecule has 2 heterocycles. The lowest BCUT2D eigenvalue weighted by atomic mass is 9.96. The number of aliphatic hydroxyl groups excluding tert-OH is 1. The van der Waals surface area contributed by atoms with E-state index in [1.54, 1.807) is 4.90 Å². The Hall–Kier alpha value is -1.43. The zero-order valence-electron chi connectivity index (χ0n) is 11.1. The maximum absolute atomic E-state index is 12.2. The van der Waals surface area contributed by atoms with E-state index in [1.165, 1.54) is 0 Å². The van der Waals surface area contributed by atoms with Gasteiger partial charge in [0, 0.05) is 12.0 Å². The van der Waals surface area contributed by atoms with Crippen LogP contribution < -0.4 is 0 Å². The molecular weight excluding hydrogens is 232 g/mol. The highest BCUT2D eigenvalue weighted by molar-refractivity contribution is 5.90. The molecule has 1 aliphatic heterocycles. The minimum absolute atomic E-state index is 0.00227. The molecule has 6 nitrogen and oxygen atoms in total. The molecule has 1 saturated heterocycles. The third-order valence-corrected chi connectivity index (χ3v) is 3.24. The van der Waals surface area contributed by atoms with Gasteiger partial charge < -0.3 is 10.0 Å². The van der Waals surface area contributed by atoms with Crippen molar-refractivity contribution >= 4 is 5.91 Å². The SMILES string of the molecule is CC(C)(C)c1nc(C(=O)N2CCC[C@@H]2CO)n[nH]1. The molecule has 6 heteroatoms. The topological polar surface area (TPSA) is 82.1 Å². The van der Waals surface area contributed by atoms with Crippen LogP contribution >= 0.6 is 0 Å². The number of rotatable bonds is 2. The highest BCUT2D eigenvalue weighted by Crippen LogP contribution is 2.21. The van der Waals surface area contributed by atoms with Gasteiger partial charge in [0.2, 0.25) is 5.82 Å². The lowest BCUT2D eigenvalue weighted by Crippen LogP contribution is -2.38. The summed E-state index contributed by atoms with van der Waals surface area (Å²) in [5.41, 5.74) is -0.160. The van der Waals surface area contributed by atoms with Crippen molar-refractivity contribution in [3.05, 3.63) is 11.6 Å². The number of aromatic nitrogens is 3. The number of nitrogens with one attached hydrogen (secondary N) is 1. The number of aromatic amines is 1. The number of likely N-dealkylation sites (tertiary alicyclic amines) is 1. The summed E-state index contributed by atoms with van der Waals surface area (Å²) < 4.78 is 0. The van der Waals surface area contributed by atoms with Crippen LogP contribution in [0.25, 0.3) is 0 Å². The quantitative estimate of drug-likeness (QED) is 0.811. The van der Waals surface area contributed by atoms with Gasteiger partial charge in [-0.2, -0.15) is 0 Å². The minimum Gasteiger partial charge on any atom is -0.394 e. The second kappa shape index (κ2) is 4.68. The number of H-pyrrole nitrogens is 1. The van der Waals surface area contributed by atoms with E-state index >= 15 is 0 Å². The molecule has 0 spiro atoms. The van der Waals surface area contributed by atoms with Crippen LogP contribution in [0.15, 0.2) is 0 Å². The Kier molecular flexibility index (Phi) is 3.38. The Labute approximate surface area is 106 Å². The van der Waals surface area contributed by atoms with E-state index < -0.39 is 0 Å². The molecular formula is C12H20N4O2. The van der Waals surface area contributed by atoms with Crippen molar-refractivity contribution in [1.29, 1.82) is 0 Å². The fourth-order valence-electron chi connectivity index (χ4n) is 2.11. The van der Waals surface area contributed by atoms with Gasteiger partial charge in [-0.3, -0.25) is 9.89 Å². The van der Waals surface area contributed by atoms with Gasteiger partial charge in [0.05, 0.1) is 12.6 Å². The Morgan fingerprint density at radius 1 is 1.56 bits per heavy atom. The van der Waals surface area contributed by atoms with Gasteiger partial charge in [0.15, 0.2) is 0 Å². The fourth-order valence-corrected chi connectivity index (χ4v) is 2.11. The normalized spacial score (nSPS) is 20.4. The molecule has 1 aromatic heterocycles. The molecule has 0 bridgehead atoms. The zero-order valence-corrected chi connectivity index (χ0v) is 11.1. The van der Waals surface area contributed by atoms with Crippen LogP contribution in [0, 0.1) is 0 Å². The standard InChI is InChI=1S/C12H20N4O2/c1-12(2,3)11-13-9(14-15-11)10(18)16-6-4-5-8(16)7-17/h8,17H,4-7H2,1-3H3,(H,13,14,15)/t8-/m1/s1. The number of carbonyl (C=O) groups excluding carboxylic acids is 1. The Bertz CT molecular complexity index is 436. The molecule has 100 valence electrons. The van der Waals surface area contributed by atoms with Crippen LogP contribution in [-0.2, 0) is 5.41 Å². The molecule has 1 amide bonds. The minimum atomic E-state index is -0.196. The zero-order chi connectivity index (χ0) is 13.3. The van der Waals surface area contributed by atoms with Crippen LogP contribution in [0.5, 0.6) is 0 Å². The van der Waals surface area contributed by atoms with E-state index in [4.69, 9.17) is 0 Å². The van der Waals surface area contributed by atoms with Crippen LogP contribution in [0.2, 0.25) is 0 Å². The van der Waals surface area contributed by atoms with Gasteiger partial charge >= 0.3 is 0 Å². The largest absolute Gasteiger partial charge is 0.394 e. The monoisotopic (exact) mass is 252 g/mol. The summed E-state index contributed by atoms with van der Waals surface area (Å²) in [7, 11) is 0. The van der Waals surface area contributed by atoms with Crippen molar-refractivity contribution in [3.8, 4) is 0 Å². The van der Waals surface area contributed by atoms with Crippen LogP contribution in [0.3, 0.4) is 0 Å². The number of amides is 1. The molecule has 1 fully saturated rings. The molecule has 0 saturated carbocycles. The van der Waals surface area contributed by atoms with Gasteiger partial charge in [-0.25, -0.2) is 4.98 Å². The van der Waals surface area contributed by atoms with E-state index in [9.17, 15) is 9.90 Å². The predicted molar refractivity (Wildman–Crippen MR) is 66.2 cm³/mol. The van der Waals surface area contributed by atoms with E-state index in [2.05, 4.69) is 15.2 Å². The highest BCUT2D eigenvalue weighted by atomic mass is 16.3. The Morgan fingerprint density at radius 2 is 2.28 bits per heavy atom. The summed E-state index contributed by atoms with van der Waals surface area (Å²) in [6, 6.07) is -0.0888. The van der Waals surface area contributed by atoms with Gasteiger partial charge in [-0.05, 0) is 12.8 Å². The van der Waals surface area contributed by atoms with Crippen molar-refractivity contribution in [3.63, 3.8) is 0 Å². The van der Waals surface area contributed by atoms with Crippen LogP contribution in [-0.4, -0.2) is 50.3 Å². The van der Waals surface area contributed by atoms with Gasteiger partial charge in [-0.15, -0.1) is 5.10 Å². The Balaban J connectivity index is 2.16. The lowest BCUT2D eigenvalue weighted by Gasteiger charge is -2.21. The molecule has 0 aliphatic carbocycles. The third-order valence-electron chi connectivity index (χ3n) is 3.24.